The normalized spacial score (nSPS) is 22.2. The molecule has 2 aromatic carbocycles. The summed E-state index contributed by atoms with van der Waals surface area (Å²) in [6, 6.07) is 17.8. The summed E-state index contributed by atoms with van der Waals surface area (Å²) in [7, 11) is 1.55. The minimum atomic E-state index is -1.30. The Hall–Kier alpha value is -3.08. The molecule has 0 radical (unpaired) electrons. The van der Waals surface area contributed by atoms with E-state index in [1.165, 1.54) is 0 Å². The highest BCUT2D eigenvalue weighted by Gasteiger charge is 2.51. The van der Waals surface area contributed by atoms with Crippen molar-refractivity contribution in [2.75, 3.05) is 7.11 Å². The number of aliphatic imine (C=N–C) groups is 1. The largest absolute Gasteiger partial charge is 0.482 e. The van der Waals surface area contributed by atoms with Crippen LogP contribution in [0.5, 0.6) is 0 Å². The van der Waals surface area contributed by atoms with Gasteiger partial charge in [0, 0.05) is 6.42 Å². The second kappa shape index (κ2) is 7.15. The third-order valence-corrected chi connectivity index (χ3v) is 5.13. The van der Waals surface area contributed by atoms with E-state index in [4.69, 9.17) is 18.9 Å². The summed E-state index contributed by atoms with van der Waals surface area (Å²) in [5, 5.41) is 2.25. The number of fused-ring (bicyclic) bond motifs is 1. The van der Waals surface area contributed by atoms with Crippen LogP contribution in [0.25, 0.3) is 10.8 Å². The molecule has 2 heterocycles. The second-order valence-electron chi connectivity index (χ2n) is 7.42. The van der Waals surface area contributed by atoms with Crippen molar-refractivity contribution in [3.8, 4) is 0 Å². The number of rotatable bonds is 4. The van der Waals surface area contributed by atoms with Crippen molar-refractivity contribution in [2.45, 2.75) is 31.9 Å². The summed E-state index contributed by atoms with van der Waals surface area (Å²) in [4.78, 5) is 18.0. The van der Waals surface area contributed by atoms with Gasteiger partial charge in [-0.05, 0) is 34.4 Å². The topological polar surface area (TPSA) is 61.0 Å². The van der Waals surface area contributed by atoms with Crippen LogP contribution < -0.4 is 0 Å². The Labute approximate surface area is 164 Å². The molecule has 5 heteroatoms. The van der Waals surface area contributed by atoms with E-state index < -0.39 is 17.6 Å². The van der Waals surface area contributed by atoms with E-state index in [0.29, 0.717) is 18.1 Å². The Bertz CT molecular complexity index is 1020. The fourth-order valence-electron chi connectivity index (χ4n) is 3.66. The van der Waals surface area contributed by atoms with Crippen molar-refractivity contribution in [3.05, 3.63) is 72.2 Å². The summed E-state index contributed by atoms with van der Waals surface area (Å²) in [6.45, 7) is 3.94. The van der Waals surface area contributed by atoms with Gasteiger partial charge in [0.15, 0.2) is 6.10 Å². The standard InChI is InChI=1S/C23H23NO4/c1-15(2)20-21(26-3)24-23(22(25)28-20,19-9-6-12-27-19)14-16-10-11-17-7-4-5-8-18(17)13-16/h4-13,15,20H,14H2,1-3H3/t20-,23-/m0/s1. The fraction of sp³-hybridized carbons (Fsp3) is 0.304. The van der Waals surface area contributed by atoms with Gasteiger partial charge in [0.1, 0.15) is 5.76 Å². The van der Waals surface area contributed by atoms with E-state index in [1.807, 2.05) is 38.1 Å². The number of cyclic esters (lactones) is 1. The zero-order chi connectivity index (χ0) is 19.7. The van der Waals surface area contributed by atoms with Crippen LogP contribution in [0.3, 0.4) is 0 Å². The maximum absolute atomic E-state index is 13.2. The Kier molecular flexibility index (Phi) is 4.67. The lowest BCUT2D eigenvalue weighted by molar-refractivity contribution is -0.158. The van der Waals surface area contributed by atoms with Gasteiger partial charge < -0.3 is 13.9 Å². The summed E-state index contributed by atoms with van der Waals surface area (Å²) in [5.74, 6) is 0.488. The lowest BCUT2D eigenvalue weighted by Crippen LogP contribution is -2.49. The molecule has 1 aliphatic heterocycles. The van der Waals surface area contributed by atoms with Gasteiger partial charge in [-0.2, -0.15) is 0 Å². The van der Waals surface area contributed by atoms with Crippen LogP contribution in [0.1, 0.15) is 25.2 Å². The van der Waals surface area contributed by atoms with E-state index in [9.17, 15) is 4.79 Å². The molecule has 144 valence electrons. The first-order valence-electron chi connectivity index (χ1n) is 9.40. The molecule has 0 saturated heterocycles. The monoisotopic (exact) mass is 377 g/mol. The second-order valence-corrected chi connectivity index (χ2v) is 7.42. The van der Waals surface area contributed by atoms with Crippen LogP contribution in [0, 0.1) is 5.92 Å². The maximum atomic E-state index is 13.2. The van der Waals surface area contributed by atoms with Gasteiger partial charge in [0.05, 0.1) is 13.4 Å². The molecule has 2 atom stereocenters. The lowest BCUT2D eigenvalue weighted by Gasteiger charge is -2.35. The van der Waals surface area contributed by atoms with Crippen molar-refractivity contribution in [1.29, 1.82) is 0 Å². The number of carbonyl (C=O) groups is 1. The highest BCUT2D eigenvalue weighted by atomic mass is 16.6. The predicted molar refractivity (Wildman–Crippen MR) is 107 cm³/mol. The summed E-state index contributed by atoms with van der Waals surface area (Å²) < 4.78 is 16.9. The molecule has 0 fully saturated rings. The molecule has 5 nitrogen and oxygen atoms in total. The van der Waals surface area contributed by atoms with Gasteiger partial charge in [-0.15, -0.1) is 0 Å². The molecule has 28 heavy (non-hydrogen) atoms. The SMILES string of the molecule is COC1=N[C@@](Cc2ccc3ccccc3c2)(c2ccco2)C(=O)O[C@H]1C(C)C. The van der Waals surface area contributed by atoms with Crippen LogP contribution in [-0.4, -0.2) is 25.1 Å². The number of ether oxygens (including phenoxy) is 2. The third kappa shape index (κ3) is 3.07. The summed E-state index contributed by atoms with van der Waals surface area (Å²) in [5.41, 5.74) is -0.336. The first kappa shape index (κ1) is 18.3. The van der Waals surface area contributed by atoms with Crippen LogP contribution in [0.4, 0.5) is 0 Å². The number of benzene rings is 2. The first-order valence-corrected chi connectivity index (χ1v) is 9.40. The predicted octanol–water partition coefficient (Wildman–Crippen LogP) is 4.50. The highest BCUT2D eigenvalue weighted by Crippen LogP contribution is 2.37. The molecule has 4 rings (SSSR count). The highest BCUT2D eigenvalue weighted by molar-refractivity contribution is 5.94. The number of carbonyl (C=O) groups excluding carboxylic acids is 1. The number of hydrogen-bond donors (Lipinski definition) is 0. The van der Waals surface area contributed by atoms with E-state index in [1.54, 1.807) is 25.5 Å². The molecule has 0 unspecified atom stereocenters. The van der Waals surface area contributed by atoms with Crippen LogP contribution in [0.2, 0.25) is 0 Å². The maximum Gasteiger partial charge on any atom is 0.343 e. The molecular formula is C23H23NO4. The van der Waals surface area contributed by atoms with Crippen molar-refractivity contribution in [1.82, 2.24) is 0 Å². The average molecular weight is 377 g/mol. The molecule has 0 saturated carbocycles. The first-order chi connectivity index (χ1) is 13.5. The number of furan rings is 1. The van der Waals surface area contributed by atoms with Gasteiger partial charge in [-0.3, -0.25) is 0 Å². The average Bonchev–Trinajstić information content (AvgIpc) is 3.24. The van der Waals surface area contributed by atoms with Crippen molar-refractivity contribution >= 4 is 22.6 Å². The molecule has 0 aliphatic carbocycles. The number of hydrogen-bond acceptors (Lipinski definition) is 5. The van der Waals surface area contributed by atoms with Crippen LogP contribution in [0.15, 0.2) is 70.3 Å². The molecule has 1 aliphatic rings. The van der Waals surface area contributed by atoms with E-state index in [0.717, 1.165) is 16.3 Å². The molecule has 0 spiro atoms. The molecule has 3 aromatic rings. The van der Waals surface area contributed by atoms with E-state index in [-0.39, 0.29) is 5.92 Å². The Morgan fingerprint density at radius 2 is 1.89 bits per heavy atom. The van der Waals surface area contributed by atoms with Crippen molar-refractivity contribution < 1.29 is 18.7 Å². The van der Waals surface area contributed by atoms with Crippen LogP contribution >= 0.6 is 0 Å². The smallest absolute Gasteiger partial charge is 0.343 e. The molecular weight excluding hydrogens is 354 g/mol. The van der Waals surface area contributed by atoms with Gasteiger partial charge in [-0.25, -0.2) is 9.79 Å². The van der Waals surface area contributed by atoms with Gasteiger partial charge in [-0.1, -0.05) is 56.3 Å². The minimum absolute atomic E-state index is 0.0536. The van der Waals surface area contributed by atoms with Crippen molar-refractivity contribution in [3.63, 3.8) is 0 Å². The third-order valence-electron chi connectivity index (χ3n) is 5.13. The quantitative estimate of drug-likeness (QED) is 0.628. The van der Waals surface area contributed by atoms with Crippen molar-refractivity contribution in [2.24, 2.45) is 10.9 Å². The van der Waals surface area contributed by atoms with Gasteiger partial charge in [0.2, 0.25) is 11.4 Å². The lowest BCUT2D eigenvalue weighted by atomic mass is 9.86. The number of methoxy groups -OCH3 is 1. The zero-order valence-electron chi connectivity index (χ0n) is 16.2. The van der Waals surface area contributed by atoms with Crippen LogP contribution in [-0.2, 0) is 26.2 Å². The zero-order valence-corrected chi connectivity index (χ0v) is 16.2. The Balaban J connectivity index is 1.83. The van der Waals surface area contributed by atoms with E-state index >= 15 is 0 Å². The molecule has 1 aromatic heterocycles. The van der Waals surface area contributed by atoms with Gasteiger partial charge in [0.25, 0.3) is 0 Å². The number of esters is 1. The fourth-order valence-corrected chi connectivity index (χ4v) is 3.66. The van der Waals surface area contributed by atoms with Gasteiger partial charge >= 0.3 is 5.97 Å². The number of nitrogens with zero attached hydrogens (tertiary/aromatic N) is 1. The Morgan fingerprint density at radius 3 is 2.57 bits per heavy atom. The summed E-state index contributed by atoms with van der Waals surface area (Å²) >= 11 is 0. The minimum Gasteiger partial charge on any atom is -0.482 e. The Morgan fingerprint density at radius 1 is 1.11 bits per heavy atom. The molecule has 0 bridgehead atoms. The van der Waals surface area contributed by atoms with E-state index in [2.05, 4.69) is 18.2 Å². The summed E-state index contributed by atoms with van der Waals surface area (Å²) in [6.07, 6.45) is 1.36. The molecule has 0 N–H and O–H groups in total. The molecule has 0 amide bonds.